The van der Waals surface area contributed by atoms with Crippen LogP contribution in [0.1, 0.15) is 22.5 Å². The van der Waals surface area contributed by atoms with Crippen LogP contribution in [0, 0.1) is 6.92 Å². The Morgan fingerprint density at radius 1 is 1.10 bits per heavy atom. The van der Waals surface area contributed by atoms with E-state index in [0.717, 1.165) is 22.6 Å². The second-order valence-electron chi connectivity index (χ2n) is 6.39. The van der Waals surface area contributed by atoms with Crippen molar-refractivity contribution in [3.05, 3.63) is 87.2 Å². The summed E-state index contributed by atoms with van der Waals surface area (Å²) in [4.78, 5) is 11.3. The van der Waals surface area contributed by atoms with E-state index in [1.165, 1.54) is 13.2 Å². The fourth-order valence-corrected chi connectivity index (χ4v) is 3.03. The van der Waals surface area contributed by atoms with Crippen molar-refractivity contribution in [3.8, 4) is 5.75 Å². The SMILES string of the molecule is COC(=O)/C=C/c1cc(C)n(Cc2cc(Cl)ccc2OCc2ccc(Cl)cc2)n1. The monoisotopic (exact) mass is 430 g/mol. The van der Waals surface area contributed by atoms with Crippen LogP contribution in [0.3, 0.4) is 0 Å². The standard InChI is InChI=1S/C22H20Cl2N2O3/c1-15-11-20(8-10-22(27)28-2)25-26(15)13-17-12-19(24)7-9-21(17)29-14-16-3-5-18(23)6-4-16/h3-12H,13-14H2,1-2H3/b10-8+. The van der Waals surface area contributed by atoms with Gasteiger partial charge in [0.25, 0.3) is 0 Å². The number of rotatable bonds is 7. The predicted molar refractivity (Wildman–Crippen MR) is 114 cm³/mol. The first-order chi connectivity index (χ1) is 13.9. The van der Waals surface area contributed by atoms with Gasteiger partial charge in [0, 0.05) is 27.4 Å². The van der Waals surface area contributed by atoms with Crippen LogP contribution < -0.4 is 4.74 Å². The topological polar surface area (TPSA) is 53.4 Å². The van der Waals surface area contributed by atoms with E-state index in [0.29, 0.717) is 28.9 Å². The molecule has 0 atom stereocenters. The number of halogens is 2. The Kier molecular flexibility index (Phi) is 6.96. The molecule has 5 nitrogen and oxygen atoms in total. The average molecular weight is 431 g/mol. The number of hydrogen-bond acceptors (Lipinski definition) is 4. The molecule has 1 heterocycles. The minimum absolute atomic E-state index is 0.414. The number of benzene rings is 2. The first kappa shape index (κ1) is 21.0. The highest BCUT2D eigenvalue weighted by Crippen LogP contribution is 2.25. The molecule has 0 fully saturated rings. The fraction of sp³-hybridized carbons (Fsp3) is 0.182. The third kappa shape index (κ3) is 5.86. The van der Waals surface area contributed by atoms with Crippen LogP contribution in [-0.4, -0.2) is 22.9 Å². The number of carbonyl (C=O) groups excluding carboxylic acids is 1. The van der Waals surface area contributed by atoms with Gasteiger partial charge in [-0.15, -0.1) is 0 Å². The van der Waals surface area contributed by atoms with Gasteiger partial charge in [-0.3, -0.25) is 4.68 Å². The summed E-state index contributed by atoms with van der Waals surface area (Å²) in [6, 6.07) is 14.9. The molecule has 150 valence electrons. The van der Waals surface area contributed by atoms with E-state index in [4.69, 9.17) is 27.9 Å². The lowest BCUT2D eigenvalue weighted by Gasteiger charge is -2.13. The van der Waals surface area contributed by atoms with Crippen molar-refractivity contribution in [2.24, 2.45) is 0 Å². The van der Waals surface area contributed by atoms with E-state index < -0.39 is 5.97 Å². The van der Waals surface area contributed by atoms with Crippen molar-refractivity contribution in [3.63, 3.8) is 0 Å². The molecule has 1 aromatic heterocycles. The highest BCUT2D eigenvalue weighted by Gasteiger charge is 2.10. The lowest BCUT2D eigenvalue weighted by molar-refractivity contribution is -0.134. The van der Waals surface area contributed by atoms with E-state index in [2.05, 4.69) is 9.84 Å². The van der Waals surface area contributed by atoms with Gasteiger partial charge in [0.15, 0.2) is 0 Å². The zero-order valence-corrected chi connectivity index (χ0v) is 17.6. The van der Waals surface area contributed by atoms with E-state index in [1.54, 1.807) is 12.1 Å². The molecule has 0 aliphatic rings. The molecular formula is C22H20Cl2N2O3. The van der Waals surface area contributed by atoms with E-state index in [-0.39, 0.29) is 0 Å². The van der Waals surface area contributed by atoms with Crippen molar-refractivity contribution in [1.82, 2.24) is 9.78 Å². The fourth-order valence-electron chi connectivity index (χ4n) is 2.71. The third-order valence-electron chi connectivity index (χ3n) is 4.24. The van der Waals surface area contributed by atoms with Gasteiger partial charge in [-0.2, -0.15) is 5.10 Å². The van der Waals surface area contributed by atoms with Crippen LogP contribution in [0.25, 0.3) is 6.08 Å². The molecule has 0 spiro atoms. The van der Waals surface area contributed by atoms with Crippen molar-refractivity contribution >= 4 is 35.2 Å². The minimum Gasteiger partial charge on any atom is -0.489 e. The van der Waals surface area contributed by atoms with Crippen LogP contribution in [-0.2, 0) is 22.7 Å². The lowest BCUT2D eigenvalue weighted by atomic mass is 10.2. The summed E-state index contributed by atoms with van der Waals surface area (Å²) in [6.45, 7) is 2.84. The number of methoxy groups -OCH3 is 1. The maximum atomic E-state index is 11.3. The largest absolute Gasteiger partial charge is 0.489 e. The molecule has 29 heavy (non-hydrogen) atoms. The van der Waals surface area contributed by atoms with Gasteiger partial charge in [-0.05, 0) is 55.0 Å². The number of hydrogen-bond donors (Lipinski definition) is 0. The normalized spacial score (nSPS) is 11.0. The molecule has 0 aliphatic heterocycles. The summed E-state index contributed by atoms with van der Waals surface area (Å²) >= 11 is 12.1. The van der Waals surface area contributed by atoms with Gasteiger partial charge in [-0.25, -0.2) is 4.79 Å². The first-order valence-electron chi connectivity index (χ1n) is 8.91. The Balaban J connectivity index is 1.77. The van der Waals surface area contributed by atoms with Gasteiger partial charge in [-0.1, -0.05) is 35.3 Å². The number of carbonyl (C=O) groups is 1. The summed E-state index contributed by atoms with van der Waals surface area (Å²) in [6.07, 6.45) is 2.96. The Bertz CT molecular complexity index is 1030. The first-order valence-corrected chi connectivity index (χ1v) is 9.66. The van der Waals surface area contributed by atoms with Gasteiger partial charge in [0.1, 0.15) is 12.4 Å². The maximum absolute atomic E-state index is 11.3. The van der Waals surface area contributed by atoms with E-state index in [9.17, 15) is 4.79 Å². The highest BCUT2D eigenvalue weighted by molar-refractivity contribution is 6.30. The van der Waals surface area contributed by atoms with Gasteiger partial charge in [0.2, 0.25) is 0 Å². The van der Waals surface area contributed by atoms with E-state index >= 15 is 0 Å². The highest BCUT2D eigenvalue weighted by atomic mass is 35.5. The van der Waals surface area contributed by atoms with E-state index in [1.807, 2.05) is 54.1 Å². The van der Waals surface area contributed by atoms with Crippen LogP contribution in [0.4, 0.5) is 0 Å². The molecule has 0 bridgehead atoms. The molecule has 0 saturated heterocycles. The van der Waals surface area contributed by atoms with Gasteiger partial charge >= 0.3 is 5.97 Å². The third-order valence-corrected chi connectivity index (χ3v) is 4.73. The summed E-state index contributed by atoms with van der Waals surface area (Å²) in [5.74, 6) is 0.302. The van der Waals surface area contributed by atoms with Crippen molar-refractivity contribution in [1.29, 1.82) is 0 Å². The number of esters is 1. The number of ether oxygens (including phenoxy) is 2. The molecule has 0 saturated carbocycles. The number of aryl methyl sites for hydroxylation is 1. The summed E-state index contributed by atoms with van der Waals surface area (Å²) < 4.78 is 12.4. The van der Waals surface area contributed by atoms with Crippen molar-refractivity contribution < 1.29 is 14.3 Å². The Morgan fingerprint density at radius 3 is 2.55 bits per heavy atom. The molecule has 0 unspecified atom stereocenters. The smallest absolute Gasteiger partial charge is 0.330 e. The quantitative estimate of drug-likeness (QED) is 0.376. The molecule has 2 aromatic carbocycles. The molecule has 3 rings (SSSR count). The van der Waals surface area contributed by atoms with Gasteiger partial charge in [0.05, 0.1) is 19.3 Å². The van der Waals surface area contributed by atoms with Crippen LogP contribution in [0.2, 0.25) is 10.0 Å². The second kappa shape index (κ2) is 9.63. The molecular weight excluding hydrogens is 411 g/mol. The summed E-state index contributed by atoms with van der Waals surface area (Å²) in [5, 5.41) is 5.83. The zero-order chi connectivity index (χ0) is 20.8. The summed E-state index contributed by atoms with van der Waals surface area (Å²) in [7, 11) is 1.33. The van der Waals surface area contributed by atoms with Crippen LogP contribution >= 0.6 is 23.2 Å². The van der Waals surface area contributed by atoms with Crippen molar-refractivity contribution in [2.45, 2.75) is 20.1 Å². The number of aromatic nitrogens is 2. The van der Waals surface area contributed by atoms with Crippen molar-refractivity contribution in [2.75, 3.05) is 7.11 Å². The Labute approximate surface area is 179 Å². The molecule has 3 aromatic rings. The van der Waals surface area contributed by atoms with Crippen LogP contribution in [0.15, 0.2) is 54.6 Å². The Hall–Kier alpha value is -2.76. The average Bonchev–Trinajstić information content (AvgIpc) is 3.06. The van der Waals surface area contributed by atoms with Gasteiger partial charge < -0.3 is 9.47 Å². The van der Waals surface area contributed by atoms with Crippen LogP contribution in [0.5, 0.6) is 5.75 Å². The molecule has 0 N–H and O–H groups in total. The molecule has 0 amide bonds. The lowest BCUT2D eigenvalue weighted by Crippen LogP contribution is -2.06. The minimum atomic E-state index is -0.426. The second-order valence-corrected chi connectivity index (χ2v) is 7.26. The molecule has 7 heteroatoms. The molecule has 0 radical (unpaired) electrons. The predicted octanol–water partition coefficient (Wildman–Crippen LogP) is 5.31. The zero-order valence-electron chi connectivity index (χ0n) is 16.1. The molecule has 0 aliphatic carbocycles. The Morgan fingerprint density at radius 2 is 1.83 bits per heavy atom. The number of nitrogens with zero attached hydrogens (tertiary/aromatic N) is 2. The maximum Gasteiger partial charge on any atom is 0.330 e. The summed E-state index contributed by atoms with van der Waals surface area (Å²) in [5.41, 5.74) is 3.53.